The van der Waals surface area contributed by atoms with Gasteiger partial charge in [-0.15, -0.1) is 0 Å². The smallest absolute Gasteiger partial charge is 0.254 e. The summed E-state index contributed by atoms with van der Waals surface area (Å²) >= 11 is 0. The van der Waals surface area contributed by atoms with E-state index in [0.717, 1.165) is 0 Å². The lowest BCUT2D eigenvalue weighted by atomic mass is 10.1. The van der Waals surface area contributed by atoms with Crippen molar-refractivity contribution >= 4 is 23.2 Å². The Kier molecular flexibility index (Phi) is 2.52. The Balaban J connectivity index is 2.49. The molecule has 4 N–H and O–H groups in total. The van der Waals surface area contributed by atoms with Crippen molar-refractivity contribution in [3.63, 3.8) is 0 Å². The van der Waals surface area contributed by atoms with Crippen LogP contribution in [-0.4, -0.2) is 17.9 Å². The summed E-state index contributed by atoms with van der Waals surface area (Å²) in [6, 6.07) is 4.48. The van der Waals surface area contributed by atoms with Crippen LogP contribution >= 0.6 is 0 Å². The molecule has 0 radical (unpaired) electrons. The number of fused-ring (bicyclic) bond motifs is 1. The predicted octanol–water partition coefficient (Wildman–Crippen LogP) is 0.729. The molecule has 0 spiro atoms. The molecule has 0 aliphatic carbocycles. The molecule has 16 heavy (non-hydrogen) atoms. The third-order valence-corrected chi connectivity index (χ3v) is 2.62. The molecule has 5 nitrogen and oxygen atoms in total. The van der Waals surface area contributed by atoms with Crippen LogP contribution in [0.5, 0.6) is 0 Å². The van der Waals surface area contributed by atoms with E-state index in [1.807, 2.05) is 6.92 Å². The second kappa shape index (κ2) is 3.84. The van der Waals surface area contributed by atoms with Gasteiger partial charge in [-0.1, -0.05) is 13.0 Å². The number of carbonyl (C=O) groups excluding carboxylic acids is 2. The molecule has 5 heteroatoms. The predicted molar refractivity (Wildman–Crippen MR) is 61.0 cm³/mol. The van der Waals surface area contributed by atoms with Gasteiger partial charge >= 0.3 is 0 Å². The fourth-order valence-electron chi connectivity index (χ4n) is 1.70. The number of para-hydroxylation sites is 1. The number of benzene rings is 1. The summed E-state index contributed by atoms with van der Waals surface area (Å²) in [6.07, 6.45) is 0.547. The van der Waals surface area contributed by atoms with Crippen LogP contribution in [0, 0.1) is 0 Å². The van der Waals surface area contributed by atoms with Crippen molar-refractivity contribution in [1.29, 1.82) is 0 Å². The molecule has 2 amide bonds. The van der Waals surface area contributed by atoms with Gasteiger partial charge in [0, 0.05) is 0 Å². The number of carbonyl (C=O) groups is 2. The topological polar surface area (TPSA) is 84.2 Å². The highest BCUT2D eigenvalue weighted by molar-refractivity contribution is 6.12. The molecule has 1 aromatic carbocycles. The number of amides is 2. The standard InChI is InChI=1S/C11H13N3O2/c1-2-8-11(16)14-9-6(10(15)13-8)4-3-5-7(9)12/h3-5,8H,2,12H2,1H3,(H,13,15)(H,14,16). The molecule has 1 unspecified atom stereocenters. The van der Waals surface area contributed by atoms with E-state index >= 15 is 0 Å². The van der Waals surface area contributed by atoms with Gasteiger partial charge in [0.05, 0.1) is 16.9 Å². The van der Waals surface area contributed by atoms with Gasteiger partial charge in [-0.3, -0.25) is 9.59 Å². The number of anilines is 2. The molecule has 1 aliphatic rings. The van der Waals surface area contributed by atoms with E-state index < -0.39 is 6.04 Å². The van der Waals surface area contributed by atoms with Crippen LogP contribution in [0.25, 0.3) is 0 Å². The highest BCUT2D eigenvalue weighted by Crippen LogP contribution is 2.25. The SMILES string of the molecule is CCC1NC(=O)c2cccc(N)c2NC1=O. The van der Waals surface area contributed by atoms with Crippen LogP contribution in [-0.2, 0) is 4.79 Å². The Hall–Kier alpha value is -2.04. The maximum atomic E-state index is 11.8. The fourth-order valence-corrected chi connectivity index (χ4v) is 1.70. The Morgan fingerprint density at radius 3 is 2.81 bits per heavy atom. The average Bonchev–Trinajstić information content (AvgIpc) is 2.39. The second-order valence-electron chi connectivity index (χ2n) is 3.69. The lowest BCUT2D eigenvalue weighted by Crippen LogP contribution is -2.40. The quantitative estimate of drug-likeness (QED) is 0.609. The van der Waals surface area contributed by atoms with E-state index in [4.69, 9.17) is 5.73 Å². The first-order valence-corrected chi connectivity index (χ1v) is 5.13. The Labute approximate surface area is 93.0 Å². The van der Waals surface area contributed by atoms with Gasteiger partial charge in [0.2, 0.25) is 5.91 Å². The van der Waals surface area contributed by atoms with Crippen molar-refractivity contribution in [2.24, 2.45) is 0 Å². The van der Waals surface area contributed by atoms with E-state index in [2.05, 4.69) is 10.6 Å². The van der Waals surface area contributed by atoms with Gasteiger partial charge in [0.15, 0.2) is 0 Å². The zero-order valence-corrected chi connectivity index (χ0v) is 8.91. The maximum absolute atomic E-state index is 11.8. The van der Waals surface area contributed by atoms with Crippen LogP contribution in [0.3, 0.4) is 0 Å². The maximum Gasteiger partial charge on any atom is 0.254 e. The van der Waals surface area contributed by atoms with Crippen LogP contribution < -0.4 is 16.4 Å². The molecule has 84 valence electrons. The van der Waals surface area contributed by atoms with Crippen LogP contribution in [0.15, 0.2) is 18.2 Å². The molecule has 0 saturated carbocycles. The van der Waals surface area contributed by atoms with Crippen LogP contribution in [0.1, 0.15) is 23.7 Å². The number of hydrogen-bond donors (Lipinski definition) is 3. The first-order valence-electron chi connectivity index (χ1n) is 5.13. The van der Waals surface area contributed by atoms with E-state index in [1.165, 1.54) is 0 Å². The van der Waals surface area contributed by atoms with Crippen molar-refractivity contribution in [2.75, 3.05) is 11.1 Å². The van der Waals surface area contributed by atoms with Crippen LogP contribution in [0.2, 0.25) is 0 Å². The van der Waals surface area contributed by atoms with Crippen molar-refractivity contribution in [3.8, 4) is 0 Å². The fraction of sp³-hybridized carbons (Fsp3) is 0.273. The largest absolute Gasteiger partial charge is 0.397 e. The summed E-state index contributed by atoms with van der Waals surface area (Å²) in [5.41, 5.74) is 6.94. The summed E-state index contributed by atoms with van der Waals surface area (Å²) < 4.78 is 0. The van der Waals surface area contributed by atoms with Gasteiger partial charge in [0.25, 0.3) is 5.91 Å². The minimum absolute atomic E-state index is 0.229. The zero-order chi connectivity index (χ0) is 11.7. The molecule has 0 fully saturated rings. The third kappa shape index (κ3) is 1.60. The summed E-state index contributed by atoms with van der Waals surface area (Å²) in [4.78, 5) is 23.5. The number of rotatable bonds is 1. The van der Waals surface area contributed by atoms with Gasteiger partial charge in [-0.2, -0.15) is 0 Å². The lowest BCUT2D eigenvalue weighted by Gasteiger charge is -2.11. The van der Waals surface area contributed by atoms with E-state index in [1.54, 1.807) is 18.2 Å². The van der Waals surface area contributed by atoms with Gasteiger partial charge in [0.1, 0.15) is 6.04 Å². The van der Waals surface area contributed by atoms with E-state index in [-0.39, 0.29) is 11.8 Å². The average molecular weight is 219 g/mol. The molecule has 1 atom stereocenters. The highest BCUT2D eigenvalue weighted by Gasteiger charge is 2.27. The van der Waals surface area contributed by atoms with Crippen LogP contribution in [0.4, 0.5) is 11.4 Å². The van der Waals surface area contributed by atoms with Crippen molar-refractivity contribution in [1.82, 2.24) is 5.32 Å². The first-order chi connectivity index (χ1) is 7.63. The lowest BCUT2D eigenvalue weighted by molar-refractivity contribution is -0.117. The second-order valence-corrected chi connectivity index (χ2v) is 3.69. The van der Waals surface area contributed by atoms with Gasteiger partial charge in [-0.05, 0) is 18.6 Å². The summed E-state index contributed by atoms with van der Waals surface area (Å²) in [5.74, 6) is -0.500. The number of hydrogen-bond acceptors (Lipinski definition) is 3. The minimum Gasteiger partial charge on any atom is -0.397 e. The van der Waals surface area contributed by atoms with E-state index in [9.17, 15) is 9.59 Å². The summed E-state index contributed by atoms with van der Waals surface area (Å²) in [7, 11) is 0. The number of nitrogen functional groups attached to an aromatic ring is 1. The number of nitrogens with one attached hydrogen (secondary N) is 2. The van der Waals surface area contributed by atoms with Crippen molar-refractivity contribution in [2.45, 2.75) is 19.4 Å². The molecule has 0 aromatic heterocycles. The van der Waals surface area contributed by atoms with Crippen molar-refractivity contribution < 1.29 is 9.59 Å². The summed E-state index contributed by atoms with van der Waals surface area (Å²) in [5, 5.41) is 5.33. The monoisotopic (exact) mass is 219 g/mol. The molecule has 2 rings (SSSR count). The molecule has 0 bridgehead atoms. The minimum atomic E-state index is -0.501. The highest BCUT2D eigenvalue weighted by atomic mass is 16.2. The van der Waals surface area contributed by atoms with Crippen molar-refractivity contribution in [3.05, 3.63) is 23.8 Å². The van der Waals surface area contributed by atoms with Gasteiger partial charge in [-0.25, -0.2) is 0 Å². The normalized spacial score (nSPS) is 19.4. The Morgan fingerprint density at radius 2 is 2.12 bits per heavy atom. The zero-order valence-electron chi connectivity index (χ0n) is 8.91. The molecule has 0 saturated heterocycles. The summed E-state index contributed by atoms with van der Waals surface area (Å²) in [6.45, 7) is 1.84. The molecule has 1 heterocycles. The molecule has 1 aliphatic heterocycles. The molecule has 1 aromatic rings. The van der Waals surface area contributed by atoms with Gasteiger partial charge < -0.3 is 16.4 Å². The van der Waals surface area contributed by atoms with E-state index in [0.29, 0.717) is 23.4 Å². The number of nitrogens with two attached hydrogens (primary N) is 1. The Morgan fingerprint density at radius 1 is 1.38 bits per heavy atom. The molecular formula is C11H13N3O2. The molecular weight excluding hydrogens is 206 g/mol. The Bertz CT molecular complexity index is 457. The third-order valence-electron chi connectivity index (χ3n) is 2.62. The first kappa shape index (κ1) is 10.5.